The van der Waals surface area contributed by atoms with Crippen molar-refractivity contribution in [1.29, 1.82) is 0 Å². The summed E-state index contributed by atoms with van der Waals surface area (Å²) in [6.07, 6.45) is 6.03. The van der Waals surface area contributed by atoms with Crippen molar-refractivity contribution in [2.75, 3.05) is 14.2 Å². The van der Waals surface area contributed by atoms with Crippen molar-refractivity contribution >= 4 is 11.7 Å². The van der Waals surface area contributed by atoms with Crippen molar-refractivity contribution in [3.63, 3.8) is 0 Å². The van der Waals surface area contributed by atoms with E-state index in [1.165, 1.54) is 12.2 Å². The molecule has 0 aromatic rings. The highest BCUT2D eigenvalue weighted by molar-refractivity contribution is 5.84. The highest BCUT2D eigenvalue weighted by Crippen LogP contribution is 2.54. The predicted molar refractivity (Wildman–Crippen MR) is 211 cm³/mol. The molecule has 1 amide bonds. The van der Waals surface area contributed by atoms with Gasteiger partial charge in [-0.25, -0.2) is 5.06 Å². The Kier molecular flexibility index (Phi) is 14.4. The van der Waals surface area contributed by atoms with Gasteiger partial charge in [0.15, 0.2) is 5.79 Å². The summed E-state index contributed by atoms with van der Waals surface area (Å²) in [5.41, 5.74) is -1.63. The second-order valence-corrected chi connectivity index (χ2v) is 18.6. The Labute approximate surface area is 336 Å². The van der Waals surface area contributed by atoms with Crippen LogP contribution in [0.5, 0.6) is 0 Å². The number of aliphatic hydroxyl groups excluding tert-OH is 2. The van der Waals surface area contributed by atoms with Crippen LogP contribution in [-0.2, 0) is 38.1 Å². The molecule has 0 bridgehead atoms. The Morgan fingerprint density at radius 2 is 1.61 bits per heavy atom. The van der Waals surface area contributed by atoms with Crippen LogP contribution in [0, 0.1) is 41.4 Å². The number of hydrogen-bond acceptors (Lipinski definition) is 11. The van der Waals surface area contributed by atoms with Gasteiger partial charge in [-0.3, -0.25) is 14.4 Å². The Bertz CT molecular complexity index is 1400. The summed E-state index contributed by atoms with van der Waals surface area (Å²) in [4.78, 5) is 32.8. The summed E-state index contributed by atoms with van der Waals surface area (Å²) in [7, 11) is 3.08. The van der Waals surface area contributed by atoms with Crippen molar-refractivity contribution in [3.05, 3.63) is 12.2 Å². The average Bonchev–Trinajstić information content (AvgIpc) is 3.53. The van der Waals surface area contributed by atoms with Gasteiger partial charge in [0.25, 0.3) is 5.91 Å². The lowest BCUT2D eigenvalue weighted by molar-refractivity contribution is -0.409. The molecule has 0 saturated carbocycles. The van der Waals surface area contributed by atoms with Crippen molar-refractivity contribution in [1.82, 2.24) is 5.06 Å². The van der Waals surface area contributed by atoms with E-state index in [1.807, 2.05) is 41.5 Å². The number of rotatable bonds is 13. The molecular formula is C44H75NO11. The van der Waals surface area contributed by atoms with E-state index in [1.54, 1.807) is 26.1 Å². The van der Waals surface area contributed by atoms with Crippen molar-refractivity contribution < 1.29 is 53.4 Å². The van der Waals surface area contributed by atoms with Crippen LogP contribution in [0.25, 0.3) is 0 Å². The van der Waals surface area contributed by atoms with E-state index in [2.05, 4.69) is 20.8 Å². The van der Waals surface area contributed by atoms with Crippen LogP contribution < -0.4 is 0 Å². The number of Topliss-reactive ketones (excluding diaryl/α,β-unsaturated/α-hetero) is 1. The van der Waals surface area contributed by atoms with Gasteiger partial charge in [-0.05, 0) is 95.6 Å². The lowest BCUT2D eigenvalue weighted by atomic mass is 9.72. The first-order valence-corrected chi connectivity index (χ1v) is 21.8. The van der Waals surface area contributed by atoms with E-state index in [0.29, 0.717) is 44.9 Å². The first kappa shape index (κ1) is 45.6. The standard InChI is InChI=1S/C44H75NO11/c1-13-31(40(49)45(11)51-12)33-17-16-25(4)38(53-33)29(8)36(47)28(7)37(48)32(14-2)39-26(5)24-27(6)43(54-39)21-18-34(46)44(56-43)23-22-41(10,55-44)35-19-20-42(50,15-3)30(9)52-35/h18,21,25-36,38-39,46-47,50H,13-17,19-20,22-24H2,1-12H3/t25-,26-,27+,28-,29-,30-,31+,32-,33+,34+,35+,36+,38+,39-,41-,42+,43-,44-/m0/s1. The third-order valence-electron chi connectivity index (χ3n) is 15.0. The monoisotopic (exact) mass is 794 g/mol. The van der Waals surface area contributed by atoms with Crippen molar-refractivity contribution in [2.24, 2.45) is 41.4 Å². The van der Waals surface area contributed by atoms with E-state index in [0.717, 1.165) is 19.3 Å². The molecule has 2 spiro atoms. The number of carbonyl (C=O) groups excluding carboxylic acids is 2. The van der Waals surface area contributed by atoms with Gasteiger partial charge >= 0.3 is 0 Å². The topological polar surface area (TPSA) is 153 Å². The maximum atomic E-state index is 14.6. The molecule has 322 valence electrons. The number of hydroxylamine groups is 2. The highest BCUT2D eigenvalue weighted by atomic mass is 16.8. The minimum Gasteiger partial charge on any atom is -0.392 e. The van der Waals surface area contributed by atoms with Gasteiger partial charge in [-0.2, -0.15) is 0 Å². The zero-order chi connectivity index (χ0) is 41.5. The molecule has 0 aliphatic carbocycles. The molecule has 56 heavy (non-hydrogen) atoms. The van der Waals surface area contributed by atoms with Crippen molar-refractivity contribution in [2.45, 2.75) is 199 Å². The van der Waals surface area contributed by atoms with Crippen LogP contribution in [-0.4, -0.2) is 112 Å². The molecule has 0 aromatic carbocycles. The number of nitrogens with zero attached hydrogens (tertiary/aromatic N) is 1. The molecule has 12 nitrogen and oxygen atoms in total. The van der Waals surface area contributed by atoms with Crippen LogP contribution >= 0.6 is 0 Å². The molecule has 5 aliphatic heterocycles. The van der Waals surface area contributed by atoms with Gasteiger partial charge in [-0.15, -0.1) is 0 Å². The average molecular weight is 794 g/mol. The summed E-state index contributed by atoms with van der Waals surface area (Å²) in [6.45, 7) is 19.9. The van der Waals surface area contributed by atoms with Crippen LogP contribution in [0.2, 0.25) is 0 Å². The molecule has 0 aromatic heterocycles. The van der Waals surface area contributed by atoms with Gasteiger partial charge < -0.3 is 39.0 Å². The maximum Gasteiger partial charge on any atom is 0.251 e. The van der Waals surface area contributed by atoms with Gasteiger partial charge in [0.05, 0.1) is 60.9 Å². The molecule has 5 aliphatic rings. The second kappa shape index (κ2) is 17.6. The summed E-state index contributed by atoms with van der Waals surface area (Å²) in [5, 5.41) is 35.6. The molecule has 0 unspecified atom stereocenters. The van der Waals surface area contributed by atoms with Crippen LogP contribution in [0.15, 0.2) is 12.2 Å². The molecule has 18 atom stereocenters. The van der Waals surface area contributed by atoms with E-state index in [4.69, 9.17) is 28.5 Å². The smallest absolute Gasteiger partial charge is 0.251 e. The molecule has 4 saturated heterocycles. The third kappa shape index (κ3) is 8.44. The molecule has 4 fully saturated rings. The lowest BCUT2D eigenvalue weighted by Gasteiger charge is -2.54. The fourth-order valence-electron chi connectivity index (χ4n) is 10.8. The van der Waals surface area contributed by atoms with Gasteiger partial charge in [-0.1, -0.05) is 55.4 Å². The molecular weight excluding hydrogens is 718 g/mol. The summed E-state index contributed by atoms with van der Waals surface area (Å²) >= 11 is 0. The molecule has 3 N–H and O–H groups in total. The molecule has 5 rings (SSSR count). The second-order valence-electron chi connectivity index (χ2n) is 18.6. The Balaban J connectivity index is 1.30. The van der Waals surface area contributed by atoms with Crippen molar-refractivity contribution in [3.8, 4) is 0 Å². The zero-order valence-electron chi connectivity index (χ0n) is 36.4. The Morgan fingerprint density at radius 1 is 0.929 bits per heavy atom. The van der Waals surface area contributed by atoms with Gasteiger partial charge in [0.1, 0.15) is 11.9 Å². The van der Waals surface area contributed by atoms with Gasteiger partial charge in [0, 0.05) is 37.1 Å². The van der Waals surface area contributed by atoms with E-state index >= 15 is 0 Å². The number of ether oxygens (including phenoxy) is 5. The SMILES string of the molecule is CC[C@@H](C(=O)[C@@H](C)[C@@H](O)[C@H](C)[C@@H]1O[C@@H]([C@@H](CC)C(=O)N(C)OC)CC[C@@H]1C)[C@H]1O[C@]2(C=C[C@@H](O)[C@]3(CC[C@@](C)([C@H]4CC[C@](O)(CC)[C@H](C)O4)O3)O2)[C@H](C)C[C@@H]1C. The number of aliphatic hydroxyl groups is 3. The molecule has 5 heterocycles. The maximum absolute atomic E-state index is 14.6. The third-order valence-corrected chi connectivity index (χ3v) is 15.0. The van der Waals surface area contributed by atoms with E-state index < -0.39 is 52.9 Å². The fraction of sp³-hybridized carbons (Fsp3) is 0.909. The quantitative estimate of drug-likeness (QED) is 0.146. The summed E-state index contributed by atoms with van der Waals surface area (Å²) in [6, 6.07) is 0. The number of amides is 1. The first-order chi connectivity index (χ1) is 26.3. The predicted octanol–water partition coefficient (Wildman–Crippen LogP) is 6.12. The largest absolute Gasteiger partial charge is 0.392 e. The fourth-order valence-corrected chi connectivity index (χ4v) is 10.8. The van der Waals surface area contributed by atoms with E-state index in [9.17, 15) is 24.9 Å². The van der Waals surface area contributed by atoms with Gasteiger partial charge in [0.2, 0.25) is 5.79 Å². The zero-order valence-corrected chi connectivity index (χ0v) is 36.4. The normalized spacial score (nSPS) is 44.3. The Hall–Kier alpha value is -1.48. The Morgan fingerprint density at radius 3 is 2.21 bits per heavy atom. The van der Waals surface area contributed by atoms with Crippen LogP contribution in [0.4, 0.5) is 0 Å². The van der Waals surface area contributed by atoms with Crippen LogP contribution in [0.3, 0.4) is 0 Å². The molecule has 12 heteroatoms. The first-order valence-electron chi connectivity index (χ1n) is 21.8. The van der Waals surface area contributed by atoms with Crippen LogP contribution in [0.1, 0.15) is 133 Å². The van der Waals surface area contributed by atoms with E-state index in [-0.39, 0.29) is 65.7 Å². The number of carbonyl (C=O) groups is 2. The number of ketones is 1. The minimum absolute atomic E-state index is 0.0199. The summed E-state index contributed by atoms with van der Waals surface area (Å²) in [5.74, 6) is -4.68. The number of hydrogen-bond donors (Lipinski definition) is 3. The minimum atomic E-state index is -1.37. The lowest BCUT2D eigenvalue weighted by Crippen LogP contribution is -2.63. The molecule has 0 radical (unpaired) electrons. The summed E-state index contributed by atoms with van der Waals surface area (Å²) < 4.78 is 33.8. The highest BCUT2D eigenvalue weighted by Gasteiger charge is 2.63.